The molecule has 2 saturated heterocycles. The van der Waals surface area contributed by atoms with E-state index in [4.69, 9.17) is 9.47 Å². The Hall–Kier alpha value is -5.19. The van der Waals surface area contributed by atoms with Crippen molar-refractivity contribution in [2.45, 2.75) is 50.4 Å². The number of carboxylic acids is 2. The summed E-state index contributed by atoms with van der Waals surface area (Å²) in [6, 6.07) is 21.9. The smallest absolute Gasteiger partial charge is 0.348 e. The number of Topliss-reactive ketones (excluding diaryl/α,β-unsaturated/α-hetero) is 2. The number of methoxy groups -OCH3 is 1. The summed E-state index contributed by atoms with van der Waals surface area (Å²) in [5, 5.41) is 39.9. The van der Waals surface area contributed by atoms with Crippen molar-refractivity contribution in [2.75, 3.05) is 59.6 Å². The van der Waals surface area contributed by atoms with Gasteiger partial charge in [-0.15, -0.1) is 0 Å². The second-order valence-electron chi connectivity index (χ2n) is 13.7. The number of likely N-dealkylation sites (N-methyl/N-ethyl adjacent to an activating group) is 1. The number of hydrogen-bond donors (Lipinski definition) is 4. The number of piperidine rings is 1. The van der Waals surface area contributed by atoms with Crippen molar-refractivity contribution in [3.05, 3.63) is 102 Å². The molecule has 15 heteroatoms. The number of ketones is 2. The highest BCUT2D eigenvalue weighted by Crippen LogP contribution is 2.32. The predicted octanol–water partition coefficient (Wildman–Crippen LogP) is 2.67. The summed E-state index contributed by atoms with van der Waals surface area (Å²) in [6.07, 6.45) is 3.25. The SMILES string of the molecule is CCN(CC1CCN(C(=O)N2CCOCC2)CC1)C(C)Cc1ccc(OC)cc1.O.O=C(O)C(O)(C(=O)c1ccccc1)C(O)(C(=O)O)C(=O)c1ccccc1. The minimum absolute atomic E-state index is 0. The van der Waals surface area contributed by atoms with Gasteiger partial charge in [0.05, 0.1) is 20.3 Å². The van der Waals surface area contributed by atoms with Crippen LogP contribution in [0.15, 0.2) is 84.9 Å². The number of amides is 2. The molecule has 0 spiro atoms. The fourth-order valence-electron chi connectivity index (χ4n) is 6.87. The van der Waals surface area contributed by atoms with Crippen LogP contribution < -0.4 is 4.74 Å². The van der Waals surface area contributed by atoms with Gasteiger partial charge < -0.3 is 50.1 Å². The van der Waals surface area contributed by atoms with E-state index < -0.39 is 45.8 Å². The summed E-state index contributed by atoms with van der Waals surface area (Å²) in [5.74, 6) is -6.45. The van der Waals surface area contributed by atoms with E-state index in [-0.39, 0.29) is 11.5 Å². The second-order valence-corrected chi connectivity index (χ2v) is 13.7. The number of ether oxygens (including phenoxy) is 2. The quantitative estimate of drug-likeness (QED) is 0.137. The number of aliphatic hydroxyl groups is 2. The summed E-state index contributed by atoms with van der Waals surface area (Å²) in [7, 11) is 1.70. The molecule has 2 fully saturated rings. The van der Waals surface area contributed by atoms with Crippen LogP contribution in [-0.4, -0.2) is 147 Å². The van der Waals surface area contributed by atoms with Crippen LogP contribution in [-0.2, 0) is 20.7 Å². The van der Waals surface area contributed by atoms with Gasteiger partial charge in [-0.25, -0.2) is 14.4 Å². The zero-order valence-corrected chi connectivity index (χ0v) is 32.0. The maximum atomic E-state index is 12.7. The molecule has 2 amide bonds. The van der Waals surface area contributed by atoms with Crippen LogP contribution in [0.1, 0.15) is 53.0 Å². The number of aliphatic carboxylic acids is 2. The molecule has 6 N–H and O–H groups in total. The Kier molecular flexibility index (Phi) is 16.7. The summed E-state index contributed by atoms with van der Waals surface area (Å²) in [4.78, 5) is 67.8. The average molecular weight is 780 g/mol. The Morgan fingerprint density at radius 2 is 1.21 bits per heavy atom. The van der Waals surface area contributed by atoms with Crippen molar-refractivity contribution in [1.82, 2.24) is 14.7 Å². The lowest BCUT2D eigenvalue weighted by Crippen LogP contribution is -2.71. The van der Waals surface area contributed by atoms with Gasteiger partial charge >= 0.3 is 18.0 Å². The lowest BCUT2D eigenvalue weighted by molar-refractivity contribution is -0.187. The first-order chi connectivity index (χ1) is 26.3. The van der Waals surface area contributed by atoms with E-state index in [0.717, 1.165) is 88.5 Å². The lowest BCUT2D eigenvalue weighted by Gasteiger charge is -2.39. The zero-order valence-electron chi connectivity index (χ0n) is 32.0. The van der Waals surface area contributed by atoms with Crippen LogP contribution in [0.2, 0.25) is 0 Å². The number of carbonyl (C=O) groups is 5. The van der Waals surface area contributed by atoms with Gasteiger partial charge in [-0.1, -0.05) is 79.7 Å². The molecule has 3 aromatic rings. The fourth-order valence-corrected chi connectivity index (χ4v) is 6.87. The van der Waals surface area contributed by atoms with Gasteiger partial charge in [0.1, 0.15) is 5.75 Å². The van der Waals surface area contributed by atoms with E-state index in [1.165, 1.54) is 42.0 Å². The highest BCUT2D eigenvalue weighted by atomic mass is 16.5. The third kappa shape index (κ3) is 10.4. The van der Waals surface area contributed by atoms with Crippen molar-refractivity contribution in [1.29, 1.82) is 0 Å². The predicted molar refractivity (Wildman–Crippen MR) is 206 cm³/mol. The van der Waals surface area contributed by atoms with Gasteiger partial charge in [-0.05, 0) is 56.3 Å². The highest BCUT2D eigenvalue weighted by Gasteiger charge is 2.69. The summed E-state index contributed by atoms with van der Waals surface area (Å²) >= 11 is 0. The van der Waals surface area contributed by atoms with Crippen molar-refractivity contribution >= 4 is 29.5 Å². The highest BCUT2D eigenvalue weighted by molar-refractivity contribution is 6.28. The van der Waals surface area contributed by atoms with Crippen LogP contribution in [0.3, 0.4) is 0 Å². The molecule has 3 atom stereocenters. The molecule has 15 nitrogen and oxygen atoms in total. The lowest BCUT2D eigenvalue weighted by atomic mass is 9.73. The molecule has 0 aliphatic carbocycles. The standard InChI is InChI=1S/C23H37N3O3.C18H14O8.H2O/c1-4-24(19(2)17-20-5-7-22(28-3)8-6-20)18-21-9-11-25(12-10-21)23(27)26-13-15-29-16-14-26;19-13(11-7-3-1-4-8-11)17(25,15(21)22)18(26,16(23)24)14(20)12-9-5-2-6-10-12;/h5-8,19,21H,4,9-18H2,1-3H3;1-10,25-26H,(H,21,22)(H,23,24);1H2. The number of carbonyl (C=O) groups excluding carboxylic acids is 3. The molecule has 56 heavy (non-hydrogen) atoms. The van der Waals surface area contributed by atoms with Gasteiger partial charge in [0, 0.05) is 49.9 Å². The van der Waals surface area contributed by atoms with Crippen LogP contribution in [0, 0.1) is 5.92 Å². The molecule has 0 radical (unpaired) electrons. The van der Waals surface area contributed by atoms with E-state index in [0.29, 0.717) is 25.2 Å². The molecule has 2 aliphatic rings. The van der Waals surface area contributed by atoms with Crippen LogP contribution in [0.4, 0.5) is 4.79 Å². The molecule has 0 saturated carbocycles. The zero-order chi connectivity index (χ0) is 40.2. The number of rotatable bonds is 14. The third-order valence-corrected chi connectivity index (χ3v) is 10.3. The fraction of sp³-hybridized carbons (Fsp3) is 0.439. The number of carboxylic acid groups (broad SMARTS) is 2. The van der Waals surface area contributed by atoms with Gasteiger partial charge in [0.25, 0.3) is 11.2 Å². The third-order valence-electron chi connectivity index (χ3n) is 10.3. The number of hydrogen-bond acceptors (Lipinski definition) is 10. The van der Waals surface area contributed by atoms with E-state index in [2.05, 4.69) is 30.9 Å². The molecule has 0 bridgehead atoms. The number of morpholine rings is 1. The second kappa shape index (κ2) is 20.6. The summed E-state index contributed by atoms with van der Waals surface area (Å²) < 4.78 is 10.6. The number of urea groups is 1. The molecular weight excluding hydrogens is 726 g/mol. The van der Waals surface area contributed by atoms with Crippen molar-refractivity contribution in [3.8, 4) is 5.75 Å². The monoisotopic (exact) mass is 779 g/mol. The van der Waals surface area contributed by atoms with E-state index in [1.807, 2.05) is 21.9 Å². The normalized spacial score (nSPS) is 17.2. The molecule has 2 aliphatic heterocycles. The van der Waals surface area contributed by atoms with Crippen molar-refractivity contribution in [2.24, 2.45) is 5.92 Å². The first-order valence-corrected chi connectivity index (χ1v) is 18.4. The molecule has 5 rings (SSSR count). The number of likely N-dealkylation sites (tertiary alicyclic amines) is 1. The minimum Gasteiger partial charge on any atom is -0.497 e. The van der Waals surface area contributed by atoms with E-state index in [9.17, 15) is 44.4 Å². The van der Waals surface area contributed by atoms with Crippen LogP contribution >= 0.6 is 0 Å². The first-order valence-electron chi connectivity index (χ1n) is 18.4. The minimum atomic E-state index is -3.95. The molecule has 0 aromatic heterocycles. The molecule has 2 heterocycles. The largest absolute Gasteiger partial charge is 0.497 e. The van der Waals surface area contributed by atoms with E-state index in [1.54, 1.807) is 7.11 Å². The Balaban J connectivity index is 0.000000297. The van der Waals surface area contributed by atoms with Crippen molar-refractivity contribution in [3.63, 3.8) is 0 Å². The topological polar surface area (TPSA) is 226 Å². The number of benzene rings is 3. The first kappa shape index (κ1) is 45.2. The molecular formula is C41H53N3O12. The molecule has 3 unspecified atom stereocenters. The maximum Gasteiger partial charge on any atom is 0.348 e. The molecule has 304 valence electrons. The molecule has 3 aromatic carbocycles. The van der Waals surface area contributed by atoms with Gasteiger partial charge in [0.2, 0.25) is 11.6 Å². The summed E-state index contributed by atoms with van der Waals surface area (Å²) in [5.41, 5.74) is -7.33. The van der Waals surface area contributed by atoms with Crippen LogP contribution in [0.25, 0.3) is 0 Å². The Bertz CT molecular complexity index is 1670. The van der Waals surface area contributed by atoms with Gasteiger partial charge in [-0.2, -0.15) is 0 Å². The van der Waals surface area contributed by atoms with E-state index >= 15 is 0 Å². The average Bonchev–Trinajstić information content (AvgIpc) is 3.22. The Morgan fingerprint density at radius 1 is 0.768 bits per heavy atom. The Labute approximate surface area is 326 Å². The van der Waals surface area contributed by atoms with Gasteiger partial charge in [-0.3, -0.25) is 9.59 Å². The Morgan fingerprint density at radius 3 is 1.62 bits per heavy atom. The van der Waals surface area contributed by atoms with Crippen LogP contribution in [0.5, 0.6) is 5.75 Å². The number of nitrogens with zero attached hydrogens (tertiary/aromatic N) is 3. The van der Waals surface area contributed by atoms with Crippen molar-refractivity contribution < 1.29 is 59.3 Å². The van der Waals surface area contributed by atoms with Gasteiger partial charge in [0.15, 0.2) is 0 Å². The summed E-state index contributed by atoms with van der Waals surface area (Å²) in [6.45, 7) is 11.3. The maximum absolute atomic E-state index is 12.7.